The van der Waals surface area contributed by atoms with Crippen LogP contribution in [0.1, 0.15) is 13.8 Å². The monoisotopic (exact) mass is 304 g/mol. The molecule has 2 fully saturated rings. The number of nitrogens with zero attached hydrogens (tertiary/aromatic N) is 4. The highest BCUT2D eigenvalue weighted by molar-refractivity contribution is 5.91. The van der Waals surface area contributed by atoms with Gasteiger partial charge in [-0.15, -0.1) is 0 Å². The van der Waals surface area contributed by atoms with E-state index in [1.165, 1.54) is 0 Å². The van der Waals surface area contributed by atoms with Crippen molar-refractivity contribution in [1.82, 2.24) is 14.9 Å². The van der Waals surface area contributed by atoms with Crippen LogP contribution in [0, 0.1) is 17.3 Å². The van der Waals surface area contributed by atoms with Crippen molar-refractivity contribution < 1.29 is 14.7 Å². The molecule has 7 heteroatoms. The molecular formula is C15H20N4O3. The van der Waals surface area contributed by atoms with Crippen molar-refractivity contribution in [1.29, 1.82) is 0 Å². The molecule has 2 heterocycles. The molecule has 1 aliphatic heterocycles. The van der Waals surface area contributed by atoms with Gasteiger partial charge in [-0.2, -0.15) is 0 Å². The van der Waals surface area contributed by atoms with Gasteiger partial charge in [-0.05, 0) is 11.5 Å². The second kappa shape index (κ2) is 5.23. The maximum atomic E-state index is 12.5. The lowest BCUT2D eigenvalue weighted by Gasteiger charge is -2.35. The number of hydrogen-bond donors (Lipinski definition) is 1. The normalized spacial score (nSPS) is 26.6. The molecule has 0 spiro atoms. The summed E-state index contributed by atoms with van der Waals surface area (Å²) in [7, 11) is 0. The number of hydrogen-bond acceptors (Lipinski definition) is 5. The molecule has 2 atom stereocenters. The number of anilines is 1. The summed E-state index contributed by atoms with van der Waals surface area (Å²) in [6.45, 7) is 6.19. The van der Waals surface area contributed by atoms with Gasteiger partial charge in [-0.3, -0.25) is 9.59 Å². The topological polar surface area (TPSA) is 86.6 Å². The Labute approximate surface area is 129 Å². The van der Waals surface area contributed by atoms with Crippen molar-refractivity contribution >= 4 is 17.8 Å². The van der Waals surface area contributed by atoms with E-state index in [1.807, 2.05) is 18.7 Å². The van der Waals surface area contributed by atoms with Crippen molar-refractivity contribution in [2.45, 2.75) is 13.8 Å². The minimum atomic E-state index is -0.875. The maximum Gasteiger partial charge on any atom is 0.307 e. The van der Waals surface area contributed by atoms with Crippen molar-refractivity contribution in [2.75, 3.05) is 31.1 Å². The molecule has 0 radical (unpaired) electrons. The van der Waals surface area contributed by atoms with E-state index in [-0.39, 0.29) is 5.91 Å². The van der Waals surface area contributed by atoms with Gasteiger partial charge in [0.2, 0.25) is 11.9 Å². The van der Waals surface area contributed by atoms with Crippen LogP contribution in [0.5, 0.6) is 0 Å². The van der Waals surface area contributed by atoms with E-state index in [1.54, 1.807) is 23.4 Å². The van der Waals surface area contributed by atoms with Crippen LogP contribution in [-0.2, 0) is 9.59 Å². The lowest BCUT2D eigenvalue weighted by molar-refractivity contribution is -0.142. The standard InChI is InChI=1S/C15H20N4O3/c1-15(2)10(11(15)13(21)22)12(20)18-6-8-19(9-7-18)14-16-4-3-5-17-14/h3-5,10-11H,6-9H2,1-2H3,(H,21,22)/t10-,11+/m0/s1. The predicted molar refractivity (Wildman–Crippen MR) is 79.2 cm³/mol. The first-order chi connectivity index (χ1) is 10.4. The van der Waals surface area contributed by atoms with Gasteiger partial charge in [0, 0.05) is 38.6 Å². The lowest BCUT2D eigenvalue weighted by atomic mass is 10.1. The molecule has 1 saturated heterocycles. The average Bonchev–Trinajstić information content (AvgIpc) is 3.10. The Balaban J connectivity index is 1.60. The summed E-state index contributed by atoms with van der Waals surface area (Å²) in [5, 5.41) is 9.20. The molecule has 0 unspecified atom stereocenters. The molecule has 3 rings (SSSR count). The molecule has 22 heavy (non-hydrogen) atoms. The molecule has 1 aromatic heterocycles. The van der Waals surface area contributed by atoms with Crippen LogP contribution in [0.2, 0.25) is 0 Å². The molecule has 2 aliphatic rings. The smallest absolute Gasteiger partial charge is 0.307 e. The number of carbonyl (C=O) groups excluding carboxylic acids is 1. The molecule has 1 amide bonds. The Bertz CT molecular complexity index is 582. The third-order valence-corrected chi connectivity index (χ3v) is 4.79. The van der Waals surface area contributed by atoms with E-state index in [0.717, 1.165) is 0 Å². The summed E-state index contributed by atoms with van der Waals surface area (Å²) < 4.78 is 0. The third-order valence-electron chi connectivity index (χ3n) is 4.79. The van der Waals surface area contributed by atoms with Crippen molar-refractivity contribution in [3.63, 3.8) is 0 Å². The fourth-order valence-electron chi connectivity index (χ4n) is 3.34. The molecule has 1 saturated carbocycles. The maximum absolute atomic E-state index is 12.5. The third kappa shape index (κ3) is 2.40. The number of aliphatic carboxylic acids is 1. The largest absolute Gasteiger partial charge is 0.481 e. The van der Waals surface area contributed by atoms with Crippen molar-refractivity contribution in [3.05, 3.63) is 18.5 Å². The second-order valence-electron chi connectivity index (χ2n) is 6.48. The second-order valence-corrected chi connectivity index (χ2v) is 6.48. The minimum absolute atomic E-state index is 0.0361. The molecule has 7 nitrogen and oxygen atoms in total. The fraction of sp³-hybridized carbons (Fsp3) is 0.600. The fourth-order valence-corrected chi connectivity index (χ4v) is 3.34. The van der Waals surface area contributed by atoms with Gasteiger partial charge in [0.15, 0.2) is 0 Å². The van der Waals surface area contributed by atoms with Crippen LogP contribution in [0.25, 0.3) is 0 Å². The van der Waals surface area contributed by atoms with Gasteiger partial charge in [0.05, 0.1) is 11.8 Å². The predicted octanol–water partition coefficient (Wildman–Crippen LogP) is 0.482. The summed E-state index contributed by atoms with van der Waals surface area (Å²) in [5.41, 5.74) is -0.442. The zero-order valence-electron chi connectivity index (χ0n) is 12.8. The van der Waals surface area contributed by atoms with Gasteiger partial charge in [0.1, 0.15) is 0 Å². The van der Waals surface area contributed by atoms with E-state index in [9.17, 15) is 14.7 Å². The first-order valence-electron chi connectivity index (χ1n) is 7.46. The highest BCUT2D eigenvalue weighted by Gasteiger charge is 2.66. The van der Waals surface area contributed by atoms with Crippen molar-refractivity contribution in [3.8, 4) is 0 Å². The lowest BCUT2D eigenvalue weighted by Crippen LogP contribution is -2.50. The van der Waals surface area contributed by atoms with E-state index < -0.39 is 23.2 Å². The Morgan fingerprint density at radius 3 is 2.23 bits per heavy atom. The molecular weight excluding hydrogens is 284 g/mol. The molecule has 0 aromatic carbocycles. The van der Waals surface area contributed by atoms with E-state index in [4.69, 9.17) is 0 Å². The highest BCUT2D eigenvalue weighted by atomic mass is 16.4. The van der Waals surface area contributed by atoms with Gasteiger partial charge >= 0.3 is 5.97 Å². The summed E-state index contributed by atoms with van der Waals surface area (Å²) >= 11 is 0. The van der Waals surface area contributed by atoms with E-state index in [2.05, 4.69) is 9.97 Å². The summed E-state index contributed by atoms with van der Waals surface area (Å²) in [6.07, 6.45) is 3.40. The quantitative estimate of drug-likeness (QED) is 0.874. The van der Waals surface area contributed by atoms with Gasteiger partial charge in [-0.25, -0.2) is 9.97 Å². The average molecular weight is 304 g/mol. The van der Waals surface area contributed by atoms with Gasteiger partial charge in [0.25, 0.3) is 0 Å². The molecule has 1 aromatic rings. The first-order valence-corrected chi connectivity index (χ1v) is 7.46. The molecule has 1 N–H and O–H groups in total. The van der Waals surface area contributed by atoms with Crippen LogP contribution in [0.15, 0.2) is 18.5 Å². The number of carboxylic acids is 1. The van der Waals surface area contributed by atoms with Crippen molar-refractivity contribution in [2.24, 2.45) is 17.3 Å². The van der Waals surface area contributed by atoms with Crippen LogP contribution < -0.4 is 4.90 Å². The van der Waals surface area contributed by atoms with Crippen LogP contribution in [0.4, 0.5) is 5.95 Å². The molecule has 0 bridgehead atoms. The SMILES string of the molecule is CC1(C)[C@H](C(=O)N2CCN(c3ncccn3)CC2)[C@@H]1C(=O)O. The summed E-state index contributed by atoms with van der Waals surface area (Å²) in [6, 6.07) is 1.77. The summed E-state index contributed by atoms with van der Waals surface area (Å²) in [4.78, 5) is 36.0. The van der Waals surface area contributed by atoms with E-state index in [0.29, 0.717) is 32.1 Å². The van der Waals surface area contributed by atoms with Gasteiger partial charge < -0.3 is 14.9 Å². The summed E-state index contributed by atoms with van der Waals surface area (Å²) in [5.74, 6) is -1.20. The number of carboxylic acid groups (broad SMARTS) is 1. The number of rotatable bonds is 3. The van der Waals surface area contributed by atoms with Crippen LogP contribution >= 0.6 is 0 Å². The van der Waals surface area contributed by atoms with E-state index >= 15 is 0 Å². The number of piperazine rings is 1. The molecule has 118 valence electrons. The Kier molecular flexibility index (Phi) is 3.50. The van der Waals surface area contributed by atoms with Crippen LogP contribution in [-0.4, -0.2) is 58.0 Å². The zero-order valence-corrected chi connectivity index (χ0v) is 12.8. The Morgan fingerprint density at radius 1 is 1.14 bits per heavy atom. The number of carbonyl (C=O) groups is 2. The zero-order chi connectivity index (χ0) is 15.9. The minimum Gasteiger partial charge on any atom is -0.481 e. The first kappa shape index (κ1) is 14.7. The highest BCUT2D eigenvalue weighted by Crippen LogP contribution is 2.59. The number of aromatic nitrogens is 2. The van der Waals surface area contributed by atoms with Gasteiger partial charge in [-0.1, -0.05) is 13.8 Å². The Hall–Kier alpha value is -2.18. The number of amides is 1. The Morgan fingerprint density at radius 2 is 1.73 bits per heavy atom. The molecule has 1 aliphatic carbocycles. The van der Waals surface area contributed by atoms with Crippen LogP contribution in [0.3, 0.4) is 0 Å².